The van der Waals surface area contributed by atoms with E-state index >= 15 is 0 Å². The Labute approximate surface area is 178 Å². The number of carboxylic acids is 1. The van der Waals surface area contributed by atoms with Crippen molar-refractivity contribution in [3.8, 4) is 0 Å². The van der Waals surface area contributed by atoms with Gasteiger partial charge in [-0.2, -0.15) is 13.2 Å². The van der Waals surface area contributed by atoms with E-state index in [1.165, 1.54) is 11.1 Å². The maximum absolute atomic E-state index is 12.7. The smallest absolute Gasteiger partial charge is 0.475 e. The van der Waals surface area contributed by atoms with Gasteiger partial charge in [-0.15, -0.1) is 0 Å². The lowest BCUT2D eigenvalue weighted by atomic mass is 9.62. The molecule has 0 aliphatic carbocycles. The van der Waals surface area contributed by atoms with Gasteiger partial charge in [-0.1, -0.05) is 36.4 Å². The number of piperidine rings is 1. The zero-order valence-corrected chi connectivity index (χ0v) is 17.0. The zero-order chi connectivity index (χ0) is 22.6. The normalized spacial score (nSPS) is 20.6. The molecule has 31 heavy (non-hydrogen) atoms. The highest BCUT2D eigenvalue weighted by molar-refractivity contribution is 5.90. The maximum Gasteiger partial charge on any atom is 0.490 e. The first-order valence-corrected chi connectivity index (χ1v) is 9.89. The van der Waals surface area contributed by atoms with Gasteiger partial charge in [-0.25, -0.2) is 4.79 Å². The molecule has 4 rings (SSSR count). The second kappa shape index (κ2) is 9.05. The fraction of sp³-hybridized carbons (Fsp3) is 0.409. The largest absolute Gasteiger partial charge is 0.490 e. The highest BCUT2D eigenvalue weighted by Crippen LogP contribution is 2.55. The molecule has 1 N–H and O–H groups in total. The lowest BCUT2D eigenvalue weighted by Crippen LogP contribution is -2.64. The average Bonchev–Trinajstić information content (AvgIpc) is 2.76. The third-order valence-corrected chi connectivity index (χ3v) is 5.89. The van der Waals surface area contributed by atoms with Crippen LogP contribution in [0, 0.1) is 5.41 Å². The first kappa shape index (κ1) is 22.7. The van der Waals surface area contributed by atoms with E-state index in [1.807, 2.05) is 36.5 Å². The van der Waals surface area contributed by atoms with Gasteiger partial charge in [0.1, 0.15) is 0 Å². The van der Waals surface area contributed by atoms with Gasteiger partial charge in [0.2, 0.25) is 5.91 Å². The lowest BCUT2D eigenvalue weighted by Gasteiger charge is -2.58. The average molecular weight is 435 g/mol. The number of carbonyl (C=O) groups is 2. The van der Waals surface area contributed by atoms with Crippen molar-refractivity contribution in [2.45, 2.75) is 31.6 Å². The van der Waals surface area contributed by atoms with E-state index < -0.39 is 12.1 Å². The predicted octanol–water partition coefficient (Wildman–Crippen LogP) is 3.51. The van der Waals surface area contributed by atoms with Crippen molar-refractivity contribution in [2.24, 2.45) is 5.41 Å². The fourth-order valence-corrected chi connectivity index (χ4v) is 4.42. The molecule has 6 nitrogen and oxygen atoms in total. The van der Waals surface area contributed by atoms with Crippen LogP contribution in [0.4, 0.5) is 13.2 Å². The number of carbonyl (C=O) groups excluding carboxylic acids is 1. The maximum atomic E-state index is 12.7. The molecule has 1 aromatic heterocycles. The minimum atomic E-state index is -5.08. The zero-order valence-electron chi connectivity index (χ0n) is 17.0. The predicted molar refractivity (Wildman–Crippen MR) is 107 cm³/mol. The van der Waals surface area contributed by atoms with Gasteiger partial charge in [0, 0.05) is 26.0 Å². The van der Waals surface area contributed by atoms with Crippen LogP contribution in [0.25, 0.3) is 0 Å². The molecular weight excluding hydrogens is 411 g/mol. The van der Waals surface area contributed by atoms with Crippen LogP contribution in [-0.2, 0) is 16.1 Å². The summed E-state index contributed by atoms with van der Waals surface area (Å²) < 4.78 is 31.7. The van der Waals surface area contributed by atoms with Gasteiger partial charge in [-0.3, -0.25) is 14.7 Å². The Bertz CT molecular complexity index is 898. The molecule has 1 unspecified atom stereocenters. The van der Waals surface area contributed by atoms with E-state index in [0.29, 0.717) is 5.91 Å². The highest BCUT2D eigenvalue weighted by Gasteiger charge is 2.59. The summed E-state index contributed by atoms with van der Waals surface area (Å²) in [6, 6.07) is 14.8. The Morgan fingerprint density at radius 3 is 2.29 bits per heavy atom. The van der Waals surface area contributed by atoms with Gasteiger partial charge in [0.25, 0.3) is 0 Å². The number of halogens is 3. The molecule has 2 aliphatic heterocycles. The molecule has 2 aromatic rings. The highest BCUT2D eigenvalue weighted by atomic mass is 19.4. The monoisotopic (exact) mass is 435 g/mol. The molecular formula is C22H24F3N3O3. The Kier molecular flexibility index (Phi) is 6.64. The number of hydrogen-bond acceptors (Lipinski definition) is 4. The van der Waals surface area contributed by atoms with Crippen LogP contribution >= 0.6 is 0 Å². The van der Waals surface area contributed by atoms with Crippen LogP contribution in [0.5, 0.6) is 0 Å². The van der Waals surface area contributed by atoms with Crippen molar-refractivity contribution in [1.29, 1.82) is 0 Å². The number of amides is 1. The first-order chi connectivity index (χ1) is 14.6. The number of benzene rings is 1. The fourth-order valence-electron chi connectivity index (χ4n) is 4.42. The number of hydrogen-bond donors (Lipinski definition) is 1. The number of β-lactam (4-membered cyclic amide) rings is 1. The first-order valence-electron chi connectivity index (χ1n) is 9.89. The molecule has 2 fully saturated rings. The molecule has 3 heterocycles. The summed E-state index contributed by atoms with van der Waals surface area (Å²) in [6.45, 7) is 2.86. The van der Waals surface area contributed by atoms with Gasteiger partial charge in [0.05, 0.1) is 11.5 Å². The van der Waals surface area contributed by atoms with Crippen LogP contribution in [0.15, 0.2) is 54.9 Å². The van der Waals surface area contributed by atoms with Gasteiger partial charge < -0.3 is 10.0 Å². The summed E-state index contributed by atoms with van der Waals surface area (Å²) in [6.07, 6.45) is 0.535. The molecule has 1 amide bonds. The van der Waals surface area contributed by atoms with E-state index in [9.17, 15) is 18.0 Å². The van der Waals surface area contributed by atoms with E-state index in [4.69, 9.17) is 9.90 Å². The van der Waals surface area contributed by atoms with Crippen LogP contribution in [-0.4, -0.2) is 58.1 Å². The van der Waals surface area contributed by atoms with Crippen LogP contribution in [0.2, 0.25) is 0 Å². The summed E-state index contributed by atoms with van der Waals surface area (Å²) in [7, 11) is 1.94. The van der Waals surface area contributed by atoms with Crippen molar-refractivity contribution in [3.63, 3.8) is 0 Å². The number of carboxylic acid groups (broad SMARTS) is 1. The van der Waals surface area contributed by atoms with E-state index in [-0.39, 0.29) is 11.5 Å². The third-order valence-electron chi connectivity index (χ3n) is 5.89. The number of aromatic nitrogens is 1. The molecule has 0 bridgehead atoms. The number of pyridine rings is 1. The van der Waals surface area contributed by atoms with Crippen molar-refractivity contribution in [2.75, 3.05) is 20.1 Å². The second-order valence-electron chi connectivity index (χ2n) is 7.83. The third kappa shape index (κ3) is 4.87. The Balaban J connectivity index is 0.000000339. The summed E-state index contributed by atoms with van der Waals surface area (Å²) in [5.74, 6) is -2.44. The van der Waals surface area contributed by atoms with Crippen molar-refractivity contribution in [1.82, 2.24) is 14.8 Å². The molecule has 1 spiro atoms. The summed E-state index contributed by atoms with van der Waals surface area (Å²) >= 11 is 0. The van der Waals surface area contributed by atoms with E-state index in [0.717, 1.165) is 32.5 Å². The minimum Gasteiger partial charge on any atom is -0.475 e. The van der Waals surface area contributed by atoms with Crippen LogP contribution in [0.3, 0.4) is 0 Å². The lowest BCUT2D eigenvalue weighted by molar-refractivity contribution is -0.192. The molecule has 1 atom stereocenters. The molecule has 0 saturated carbocycles. The molecule has 1 aromatic carbocycles. The molecule has 0 radical (unpaired) electrons. The van der Waals surface area contributed by atoms with Gasteiger partial charge in [0.15, 0.2) is 0 Å². The summed E-state index contributed by atoms with van der Waals surface area (Å²) in [4.78, 5) is 30.1. The number of rotatable bonds is 3. The minimum absolute atomic E-state index is 0.193. The number of alkyl halides is 3. The quantitative estimate of drug-likeness (QED) is 0.747. The topological polar surface area (TPSA) is 73.7 Å². The van der Waals surface area contributed by atoms with Gasteiger partial charge in [-0.05, 0) is 43.1 Å². The Hall–Kier alpha value is -2.94. The Morgan fingerprint density at radius 2 is 1.77 bits per heavy atom. The summed E-state index contributed by atoms with van der Waals surface area (Å²) in [5, 5.41) is 7.12. The van der Waals surface area contributed by atoms with Crippen molar-refractivity contribution in [3.05, 3.63) is 66.0 Å². The standard InChI is InChI=1S/C20H23N3O.C2HF3O2/c1-22-18(17-7-3-2-4-8-17)20(19(22)24)9-12-23(13-10-20)15-16-6-5-11-21-14-16;3-2(4,5)1(6)7/h2-8,11,14,18H,9-10,12-13,15H2,1H3;(H,6,7). The summed E-state index contributed by atoms with van der Waals surface area (Å²) in [5.41, 5.74) is 2.31. The number of likely N-dealkylation sites (tertiary alicyclic amines) is 2. The molecule has 9 heteroatoms. The van der Waals surface area contributed by atoms with E-state index in [2.05, 4.69) is 40.2 Å². The molecule has 166 valence electrons. The van der Waals surface area contributed by atoms with Gasteiger partial charge >= 0.3 is 12.1 Å². The number of aliphatic carboxylic acids is 1. The van der Waals surface area contributed by atoms with Crippen LogP contribution in [0.1, 0.15) is 30.0 Å². The van der Waals surface area contributed by atoms with E-state index in [1.54, 1.807) is 0 Å². The van der Waals surface area contributed by atoms with Crippen molar-refractivity contribution < 1.29 is 27.9 Å². The second-order valence-corrected chi connectivity index (χ2v) is 7.83. The van der Waals surface area contributed by atoms with Crippen LogP contribution < -0.4 is 0 Å². The molecule has 2 saturated heterocycles. The SMILES string of the molecule is CN1C(=O)C2(CCN(Cc3cccnc3)CC2)C1c1ccccc1.O=C(O)C(F)(F)F. The number of nitrogens with zero attached hydrogens (tertiary/aromatic N) is 3. The Morgan fingerprint density at radius 1 is 1.16 bits per heavy atom. The van der Waals surface area contributed by atoms with Crippen molar-refractivity contribution >= 4 is 11.9 Å². The molecule has 2 aliphatic rings.